The highest BCUT2D eigenvalue weighted by molar-refractivity contribution is 7.11. The summed E-state index contributed by atoms with van der Waals surface area (Å²) in [5, 5.41) is 0. The summed E-state index contributed by atoms with van der Waals surface area (Å²) in [4.78, 5) is 9.84. The van der Waals surface area contributed by atoms with Gasteiger partial charge in [-0.05, 0) is 17.7 Å². The second-order valence-corrected chi connectivity index (χ2v) is 3.74. The number of fused-ring (bicyclic) bond motifs is 4. The summed E-state index contributed by atoms with van der Waals surface area (Å²) in [5.74, 6) is 0. The normalized spacial score (nSPS) is 18.3. The van der Waals surface area contributed by atoms with Crippen molar-refractivity contribution < 1.29 is 0 Å². The molecule has 0 fully saturated rings. The molecule has 0 unspecified atom stereocenters. The van der Waals surface area contributed by atoms with Crippen LogP contribution >= 0.6 is 11.3 Å². The minimum atomic E-state index is 0.952. The summed E-state index contributed by atoms with van der Waals surface area (Å²) in [7, 11) is 0. The second kappa shape index (κ2) is 2.14. The maximum Gasteiger partial charge on any atom is 0.103 e. The number of aromatic nitrogens is 1. The Morgan fingerprint density at radius 2 is 2.42 bits per heavy atom. The van der Waals surface area contributed by atoms with Gasteiger partial charge in [-0.25, -0.2) is 4.98 Å². The summed E-state index contributed by atoms with van der Waals surface area (Å²) in [6.45, 7) is 0. The van der Waals surface area contributed by atoms with Crippen LogP contribution in [0.1, 0.15) is 17.0 Å². The van der Waals surface area contributed by atoms with E-state index in [0.717, 1.165) is 17.8 Å². The van der Waals surface area contributed by atoms with Gasteiger partial charge in [0.05, 0.1) is 16.1 Å². The van der Waals surface area contributed by atoms with E-state index in [4.69, 9.17) is 0 Å². The number of nitrogens with zero attached hydrogens (tertiary/aromatic N) is 2. The fourth-order valence-corrected chi connectivity index (χ4v) is 2.28. The summed E-state index contributed by atoms with van der Waals surface area (Å²) < 4.78 is 0. The fraction of sp³-hybridized carbons (Fsp3) is 0.111. The van der Waals surface area contributed by atoms with Crippen molar-refractivity contribution in [2.24, 2.45) is 4.99 Å². The van der Waals surface area contributed by atoms with Crippen LogP contribution in [0.25, 0.3) is 6.08 Å². The van der Waals surface area contributed by atoms with E-state index in [1.54, 1.807) is 11.3 Å². The van der Waals surface area contributed by atoms with E-state index >= 15 is 0 Å². The Kier molecular flexibility index (Phi) is 1.12. The zero-order valence-electron chi connectivity index (χ0n) is 6.32. The summed E-state index contributed by atoms with van der Waals surface area (Å²) >= 11 is 1.68. The lowest BCUT2D eigenvalue weighted by atomic mass is 9.98. The highest BCUT2D eigenvalue weighted by atomic mass is 32.1. The van der Waals surface area contributed by atoms with Crippen LogP contribution in [0, 0.1) is 0 Å². The average molecular weight is 174 g/mol. The highest BCUT2D eigenvalue weighted by Gasteiger charge is 2.19. The Morgan fingerprint density at radius 3 is 3.42 bits per heavy atom. The molecule has 3 rings (SSSR count). The maximum absolute atomic E-state index is 4.30. The third-order valence-corrected chi connectivity index (χ3v) is 2.85. The zero-order valence-corrected chi connectivity index (χ0v) is 7.14. The van der Waals surface area contributed by atoms with Gasteiger partial charge >= 0.3 is 0 Å². The first kappa shape index (κ1) is 6.31. The Labute approximate surface area is 74.0 Å². The molecule has 0 radical (unpaired) electrons. The molecule has 0 amide bonds. The Balaban J connectivity index is 2.34. The lowest BCUT2D eigenvalue weighted by Crippen LogP contribution is -2.10. The van der Waals surface area contributed by atoms with E-state index in [2.05, 4.69) is 22.1 Å². The molecule has 1 aromatic heterocycles. The minimum Gasteiger partial charge on any atom is -0.259 e. The van der Waals surface area contributed by atoms with E-state index in [-0.39, 0.29) is 0 Å². The molecule has 2 nitrogen and oxygen atoms in total. The van der Waals surface area contributed by atoms with Crippen molar-refractivity contribution in [2.75, 3.05) is 0 Å². The Bertz CT molecular complexity index is 423. The smallest absolute Gasteiger partial charge is 0.103 e. The van der Waals surface area contributed by atoms with Crippen molar-refractivity contribution in [1.82, 2.24) is 4.98 Å². The van der Waals surface area contributed by atoms with Gasteiger partial charge in [-0.15, -0.1) is 11.3 Å². The molecule has 1 aromatic rings. The van der Waals surface area contributed by atoms with E-state index in [9.17, 15) is 0 Å². The van der Waals surface area contributed by atoms with Crippen LogP contribution in [-0.4, -0.2) is 10.7 Å². The lowest BCUT2D eigenvalue weighted by molar-refractivity contribution is 1.22. The van der Waals surface area contributed by atoms with Crippen LogP contribution < -0.4 is 0 Å². The molecule has 3 heteroatoms. The largest absolute Gasteiger partial charge is 0.259 e. The molecule has 2 bridgehead atoms. The number of rotatable bonds is 0. The van der Waals surface area contributed by atoms with Crippen molar-refractivity contribution in [2.45, 2.75) is 6.42 Å². The van der Waals surface area contributed by atoms with E-state index in [0.29, 0.717) is 0 Å². The Hall–Kier alpha value is -1.22. The monoisotopic (exact) mass is 174 g/mol. The van der Waals surface area contributed by atoms with Crippen molar-refractivity contribution in [3.8, 4) is 0 Å². The topological polar surface area (TPSA) is 25.2 Å². The predicted octanol–water partition coefficient (Wildman–Crippen LogP) is 2.25. The van der Waals surface area contributed by atoms with Gasteiger partial charge in [0.1, 0.15) is 5.69 Å². The molecule has 0 N–H and O–H groups in total. The molecule has 0 atom stereocenters. The average Bonchev–Trinajstić information content (AvgIpc) is 2.53. The van der Waals surface area contributed by atoms with Gasteiger partial charge in [-0.1, -0.05) is 0 Å². The van der Waals surface area contributed by atoms with E-state index in [1.165, 1.54) is 10.5 Å². The van der Waals surface area contributed by atoms with Crippen molar-refractivity contribution >= 4 is 23.1 Å². The van der Waals surface area contributed by atoms with Crippen molar-refractivity contribution in [3.63, 3.8) is 0 Å². The van der Waals surface area contributed by atoms with Crippen LogP contribution in [0.15, 0.2) is 28.4 Å². The third kappa shape index (κ3) is 0.741. The zero-order chi connectivity index (χ0) is 7.97. The van der Waals surface area contributed by atoms with Gasteiger partial charge in [0.15, 0.2) is 0 Å². The first-order chi connectivity index (χ1) is 5.93. The van der Waals surface area contributed by atoms with Crippen LogP contribution in [0.3, 0.4) is 0 Å². The van der Waals surface area contributed by atoms with Crippen LogP contribution in [0.4, 0.5) is 0 Å². The molecule has 0 spiro atoms. The third-order valence-electron chi connectivity index (χ3n) is 2.08. The molecule has 2 aliphatic rings. The van der Waals surface area contributed by atoms with Gasteiger partial charge in [0, 0.05) is 12.6 Å². The predicted molar refractivity (Wildman–Crippen MR) is 50.4 cm³/mol. The number of aliphatic imine (C=N–C) groups is 1. The number of thiazole rings is 1. The molecule has 58 valence electrons. The van der Waals surface area contributed by atoms with E-state index < -0.39 is 0 Å². The molecule has 0 saturated heterocycles. The van der Waals surface area contributed by atoms with Gasteiger partial charge in [-0.2, -0.15) is 0 Å². The number of hydrogen-bond donors (Lipinski definition) is 0. The van der Waals surface area contributed by atoms with E-state index in [1.807, 2.05) is 11.7 Å². The molecular formula is C9H6N2S. The summed E-state index contributed by atoms with van der Waals surface area (Å²) in [6, 6.07) is 0. The van der Waals surface area contributed by atoms with Crippen LogP contribution in [-0.2, 0) is 0 Å². The molecular weight excluding hydrogens is 168 g/mol. The fourth-order valence-electron chi connectivity index (χ4n) is 1.51. The van der Waals surface area contributed by atoms with Crippen LogP contribution in [0.2, 0.25) is 0 Å². The summed E-state index contributed by atoms with van der Waals surface area (Å²) in [6.07, 6.45) is 7.06. The first-order valence-electron chi connectivity index (χ1n) is 3.81. The van der Waals surface area contributed by atoms with Crippen molar-refractivity contribution in [3.05, 3.63) is 33.9 Å². The molecule has 2 heterocycles. The lowest BCUT2D eigenvalue weighted by Gasteiger charge is -2.14. The summed E-state index contributed by atoms with van der Waals surface area (Å²) in [5.41, 5.74) is 5.42. The maximum atomic E-state index is 4.30. The van der Waals surface area contributed by atoms with Gasteiger partial charge in [0.25, 0.3) is 0 Å². The molecule has 0 saturated carbocycles. The molecule has 0 aromatic carbocycles. The minimum absolute atomic E-state index is 0.952. The van der Waals surface area contributed by atoms with Crippen molar-refractivity contribution in [1.29, 1.82) is 0 Å². The standard InChI is InChI=1S/C9H6N2S/c1-2-10-7-3-6(1)4-8-9(7)11-5-12-8/h1-2,4-5H,3H2. The Morgan fingerprint density at radius 1 is 1.42 bits per heavy atom. The van der Waals surface area contributed by atoms with Crippen LogP contribution in [0.5, 0.6) is 0 Å². The molecule has 12 heavy (non-hydrogen) atoms. The second-order valence-electron chi connectivity index (χ2n) is 2.85. The molecule has 1 aliphatic heterocycles. The number of hydrogen-bond acceptors (Lipinski definition) is 3. The van der Waals surface area contributed by atoms with Gasteiger partial charge in [0.2, 0.25) is 0 Å². The highest BCUT2D eigenvalue weighted by Crippen LogP contribution is 2.29. The quantitative estimate of drug-likeness (QED) is 0.592. The van der Waals surface area contributed by atoms with Gasteiger partial charge in [-0.3, -0.25) is 4.99 Å². The van der Waals surface area contributed by atoms with Gasteiger partial charge < -0.3 is 0 Å². The molecule has 1 aliphatic carbocycles. The number of allylic oxidation sites excluding steroid dienone is 2. The first-order valence-corrected chi connectivity index (χ1v) is 4.69. The SMILES string of the molecule is C1=CC2=Cc3scnc3C(=N1)C2.